The van der Waals surface area contributed by atoms with Crippen LogP contribution in [0.4, 0.5) is 5.69 Å². The second kappa shape index (κ2) is 7.23. The van der Waals surface area contributed by atoms with E-state index in [1.807, 2.05) is 30.4 Å². The van der Waals surface area contributed by atoms with Gasteiger partial charge in [0.1, 0.15) is 12.4 Å². The summed E-state index contributed by atoms with van der Waals surface area (Å²) < 4.78 is 5.75. The van der Waals surface area contributed by atoms with Crippen molar-refractivity contribution in [2.24, 2.45) is 23.7 Å². The number of aromatic nitrogens is 1. The lowest BCUT2D eigenvalue weighted by Crippen LogP contribution is -2.36. The molecule has 2 N–H and O–H groups in total. The number of amides is 1. The average molecular weight is 364 g/mol. The molecule has 1 fully saturated rings. The van der Waals surface area contributed by atoms with E-state index in [2.05, 4.69) is 10.3 Å². The zero-order valence-electron chi connectivity index (χ0n) is 14.6. The fourth-order valence-electron chi connectivity index (χ4n) is 4.06. The average Bonchev–Trinajstić information content (AvgIpc) is 3.29. The number of carboxylic acid groups (broad SMARTS) is 1. The molecule has 6 nitrogen and oxygen atoms in total. The van der Waals surface area contributed by atoms with Gasteiger partial charge in [-0.05, 0) is 36.5 Å². The summed E-state index contributed by atoms with van der Waals surface area (Å²) in [6.45, 7) is 0.378. The fraction of sp³-hybridized carbons (Fsp3) is 0.286. The van der Waals surface area contributed by atoms with Gasteiger partial charge in [-0.1, -0.05) is 24.3 Å². The van der Waals surface area contributed by atoms with E-state index in [1.165, 1.54) is 0 Å². The zero-order valence-corrected chi connectivity index (χ0v) is 14.6. The van der Waals surface area contributed by atoms with Gasteiger partial charge < -0.3 is 15.2 Å². The van der Waals surface area contributed by atoms with Crippen LogP contribution >= 0.6 is 0 Å². The van der Waals surface area contributed by atoms with Crippen LogP contribution in [0, 0.1) is 23.7 Å². The largest absolute Gasteiger partial charge is 0.489 e. The molecule has 1 saturated carbocycles. The first-order valence-electron chi connectivity index (χ1n) is 8.95. The van der Waals surface area contributed by atoms with E-state index in [0.29, 0.717) is 18.0 Å². The summed E-state index contributed by atoms with van der Waals surface area (Å²) in [6.07, 6.45) is 8.08. The number of hydrogen-bond donors (Lipinski definition) is 2. The lowest BCUT2D eigenvalue weighted by Gasteiger charge is -2.24. The third kappa shape index (κ3) is 3.56. The predicted octanol–water partition coefficient (Wildman–Crippen LogP) is 3.12. The monoisotopic (exact) mass is 364 g/mol. The molecule has 6 heteroatoms. The first-order valence-corrected chi connectivity index (χ1v) is 8.95. The number of carbonyl (C=O) groups excluding carboxylic acids is 1. The van der Waals surface area contributed by atoms with Crippen LogP contribution in [0.2, 0.25) is 0 Å². The van der Waals surface area contributed by atoms with Crippen LogP contribution in [-0.2, 0) is 16.2 Å². The van der Waals surface area contributed by atoms with Crippen molar-refractivity contribution in [2.75, 3.05) is 5.32 Å². The van der Waals surface area contributed by atoms with Crippen molar-refractivity contribution < 1.29 is 19.4 Å². The van der Waals surface area contributed by atoms with Crippen molar-refractivity contribution in [1.29, 1.82) is 0 Å². The van der Waals surface area contributed by atoms with Gasteiger partial charge in [-0.2, -0.15) is 0 Å². The summed E-state index contributed by atoms with van der Waals surface area (Å²) in [5, 5.41) is 12.4. The van der Waals surface area contributed by atoms with Crippen LogP contribution in [0.25, 0.3) is 0 Å². The van der Waals surface area contributed by atoms with E-state index in [-0.39, 0.29) is 17.7 Å². The highest BCUT2D eigenvalue weighted by Gasteiger charge is 2.51. The predicted molar refractivity (Wildman–Crippen MR) is 99.0 cm³/mol. The number of hydrogen-bond acceptors (Lipinski definition) is 4. The number of nitrogens with one attached hydrogen (secondary N) is 1. The minimum absolute atomic E-state index is 0.00103. The van der Waals surface area contributed by atoms with Crippen LogP contribution in [-0.4, -0.2) is 22.0 Å². The van der Waals surface area contributed by atoms with E-state index in [1.54, 1.807) is 30.6 Å². The number of aliphatic carboxylic acids is 1. The van der Waals surface area contributed by atoms with Gasteiger partial charge >= 0.3 is 5.97 Å². The molecule has 2 bridgehead atoms. The first kappa shape index (κ1) is 17.3. The van der Waals surface area contributed by atoms with E-state index >= 15 is 0 Å². The minimum atomic E-state index is -0.902. The Morgan fingerprint density at radius 1 is 1.15 bits per heavy atom. The van der Waals surface area contributed by atoms with E-state index < -0.39 is 17.8 Å². The molecule has 4 unspecified atom stereocenters. The number of carboxylic acids is 1. The number of carbonyl (C=O) groups is 2. The number of anilines is 1. The molecule has 1 aromatic carbocycles. The van der Waals surface area contributed by atoms with E-state index in [0.717, 1.165) is 12.0 Å². The van der Waals surface area contributed by atoms with Crippen molar-refractivity contribution in [3.63, 3.8) is 0 Å². The molecule has 2 aliphatic carbocycles. The topological polar surface area (TPSA) is 88.5 Å². The lowest BCUT2D eigenvalue weighted by atomic mass is 9.82. The second-order valence-electron chi connectivity index (χ2n) is 7.01. The third-order valence-corrected chi connectivity index (χ3v) is 5.28. The molecule has 1 aromatic heterocycles. The molecule has 0 spiro atoms. The number of ether oxygens (including phenoxy) is 1. The van der Waals surface area contributed by atoms with Gasteiger partial charge in [0, 0.05) is 29.7 Å². The van der Waals surface area contributed by atoms with Gasteiger partial charge in [0.2, 0.25) is 5.91 Å². The third-order valence-electron chi connectivity index (χ3n) is 5.28. The van der Waals surface area contributed by atoms with Crippen LogP contribution in [0.3, 0.4) is 0 Å². The maximum atomic E-state index is 12.8. The van der Waals surface area contributed by atoms with Crippen molar-refractivity contribution in [3.8, 4) is 5.75 Å². The quantitative estimate of drug-likeness (QED) is 0.769. The molecule has 4 atom stereocenters. The second-order valence-corrected chi connectivity index (χ2v) is 7.01. The van der Waals surface area contributed by atoms with Gasteiger partial charge in [0.25, 0.3) is 0 Å². The molecule has 0 radical (unpaired) electrons. The number of benzene rings is 1. The Balaban J connectivity index is 1.43. The van der Waals surface area contributed by atoms with Gasteiger partial charge in [-0.15, -0.1) is 0 Å². The number of fused-ring (bicyclic) bond motifs is 2. The molecular formula is C21H20N2O4. The van der Waals surface area contributed by atoms with Gasteiger partial charge in [-0.3, -0.25) is 14.6 Å². The molecule has 0 saturated heterocycles. The van der Waals surface area contributed by atoms with Crippen molar-refractivity contribution >= 4 is 17.6 Å². The normalized spacial score (nSPS) is 25.3. The molecular weight excluding hydrogens is 344 g/mol. The Morgan fingerprint density at radius 2 is 1.96 bits per heavy atom. The highest BCUT2D eigenvalue weighted by molar-refractivity contribution is 5.96. The van der Waals surface area contributed by atoms with Crippen LogP contribution in [0.5, 0.6) is 5.75 Å². The van der Waals surface area contributed by atoms with Crippen LogP contribution in [0.15, 0.2) is 60.9 Å². The summed E-state index contributed by atoms with van der Waals surface area (Å²) in [5.41, 5.74) is 1.55. The summed E-state index contributed by atoms with van der Waals surface area (Å²) in [4.78, 5) is 28.4. The van der Waals surface area contributed by atoms with Crippen LogP contribution in [0.1, 0.15) is 12.0 Å². The molecule has 2 aromatic rings. The molecule has 1 heterocycles. The summed E-state index contributed by atoms with van der Waals surface area (Å²) in [6, 6.07) is 10.9. The van der Waals surface area contributed by atoms with Crippen LogP contribution < -0.4 is 10.1 Å². The van der Waals surface area contributed by atoms with Crippen molar-refractivity contribution in [3.05, 3.63) is 66.5 Å². The summed E-state index contributed by atoms with van der Waals surface area (Å²) in [5.74, 6) is -1.75. The number of rotatable bonds is 6. The highest BCUT2D eigenvalue weighted by Crippen LogP contribution is 2.48. The Hall–Kier alpha value is -3.15. The fourth-order valence-corrected chi connectivity index (χ4v) is 4.06. The molecule has 0 aliphatic heterocycles. The Labute approximate surface area is 156 Å². The molecule has 2 aliphatic rings. The van der Waals surface area contributed by atoms with Gasteiger partial charge in [0.15, 0.2) is 0 Å². The number of pyridine rings is 1. The molecule has 138 valence electrons. The minimum Gasteiger partial charge on any atom is -0.489 e. The van der Waals surface area contributed by atoms with E-state index in [9.17, 15) is 14.7 Å². The van der Waals surface area contributed by atoms with Gasteiger partial charge in [-0.25, -0.2) is 0 Å². The maximum Gasteiger partial charge on any atom is 0.307 e. The number of nitrogens with zero attached hydrogens (tertiary/aromatic N) is 1. The van der Waals surface area contributed by atoms with Crippen molar-refractivity contribution in [2.45, 2.75) is 13.0 Å². The number of allylic oxidation sites excluding steroid dienone is 2. The summed E-state index contributed by atoms with van der Waals surface area (Å²) in [7, 11) is 0. The van der Waals surface area contributed by atoms with E-state index in [4.69, 9.17) is 4.74 Å². The standard InChI is InChI=1S/C21H20N2O4/c24-20(18-14-6-7-15(9-14)19(18)21(25)26)23-16-4-1-5-17(10-16)27-12-13-3-2-8-22-11-13/h1-8,10-11,14-15,18-19H,9,12H2,(H,23,24)(H,25,26). The van der Waals surface area contributed by atoms with Crippen molar-refractivity contribution in [1.82, 2.24) is 4.98 Å². The Morgan fingerprint density at radius 3 is 2.70 bits per heavy atom. The molecule has 27 heavy (non-hydrogen) atoms. The zero-order chi connectivity index (χ0) is 18.8. The SMILES string of the molecule is O=C(O)C1C2C=CC(C2)C1C(=O)Nc1cccc(OCc2cccnc2)c1. The summed E-state index contributed by atoms with van der Waals surface area (Å²) >= 11 is 0. The molecule has 4 rings (SSSR count). The molecule has 1 amide bonds. The maximum absolute atomic E-state index is 12.8. The highest BCUT2D eigenvalue weighted by atomic mass is 16.5. The Bertz CT molecular complexity index is 881. The van der Waals surface area contributed by atoms with Gasteiger partial charge in [0.05, 0.1) is 11.8 Å². The lowest BCUT2D eigenvalue weighted by molar-refractivity contribution is -0.146. The smallest absolute Gasteiger partial charge is 0.307 e. The first-order chi connectivity index (χ1) is 13.1. The Kier molecular flexibility index (Phi) is 4.62.